The van der Waals surface area contributed by atoms with Crippen LogP contribution in [0.15, 0.2) is 79.1 Å². The second-order valence-electron chi connectivity index (χ2n) is 6.23. The van der Waals surface area contributed by atoms with E-state index in [4.69, 9.17) is 0 Å². The third-order valence-corrected chi connectivity index (χ3v) is 4.26. The van der Waals surface area contributed by atoms with Gasteiger partial charge in [-0.2, -0.15) is 0 Å². The number of hydrogen-bond donors (Lipinski definition) is 1. The third kappa shape index (κ3) is 4.77. The summed E-state index contributed by atoms with van der Waals surface area (Å²) in [4.78, 5) is 16.9. The molecule has 0 aliphatic carbocycles. The molecule has 1 amide bonds. The molecular formula is C22H22N2O. The minimum Gasteiger partial charge on any atom is -0.351 e. The second-order valence-corrected chi connectivity index (χ2v) is 6.23. The van der Waals surface area contributed by atoms with Gasteiger partial charge in [0, 0.05) is 18.9 Å². The quantitative estimate of drug-likeness (QED) is 0.741. The maximum atomic E-state index is 12.9. The average Bonchev–Trinajstić information content (AvgIpc) is 2.66. The molecule has 2 aromatic carbocycles. The van der Waals surface area contributed by atoms with Crippen LogP contribution >= 0.6 is 0 Å². The summed E-state index contributed by atoms with van der Waals surface area (Å²) in [5.41, 5.74) is 4.45. The number of aromatic nitrogens is 1. The van der Waals surface area contributed by atoms with E-state index in [2.05, 4.69) is 29.4 Å². The second kappa shape index (κ2) is 8.25. The minimum atomic E-state index is -0.214. The first-order chi connectivity index (χ1) is 12.2. The molecule has 3 aromatic rings. The highest BCUT2D eigenvalue weighted by Crippen LogP contribution is 2.21. The molecule has 0 saturated heterocycles. The van der Waals surface area contributed by atoms with Gasteiger partial charge >= 0.3 is 0 Å². The molecule has 25 heavy (non-hydrogen) atoms. The number of carbonyl (C=O) groups excluding carboxylic acids is 1. The van der Waals surface area contributed by atoms with E-state index in [1.807, 2.05) is 54.6 Å². The molecule has 3 heteroatoms. The van der Waals surface area contributed by atoms with Crippen LogP contribution in [0.4, 0.5) is 0 Å². The minimum absolute atomic E-state index is 0.0459. The van der Waals surface area contributed by atoms with E-state index in [-0.39, 0.29) is 11.8 Å². The number of rotatable bonds is 6. The van der Waals surface area contributed by atoms with E-state index < -0.39 is 0 Å². The zero-order chi connectivity index (χ0) is 17.5. The first-order valence-electron chi connectivity index (χ1n) is 8.49. The normalized spacial score (nSPS) is 11.7. The van der Waals surface area contributed by atoms with Gasteiger partial charge < -0.3 is 5.32 Å². The summed E-state index contributed by atoms with van der Waals surface area (Å²) in [6.45, 7) is 2.60. The average molecular weight is 330 g/mol. The van der Waals surface area contributed by atoms with Crippen LogP contribution in [-0.4, -0.2) is 10.9 Å². The van der Waals surface area contributed by atoms with Crippen LogP contribution in [0.2, 0.25) is 0 Å². The molecule has 0 spiro atoms. The van der Waals surface area contributed by atoms with Crippen LogP contribution in [0.3, 0.4) is 0 Å². The van der Waals surface area contributed by atoms with Crippen molar-refractivity contribution < 1.29 is 4.79 Å². The van der Waals surface area contributed by atoms with Crippen LogP contribution in [0.1, 0.15) is 28.2 Å². The van der Waals surface area contributed by atoms with Gasteiger partial charge in [0.15, 0.2) is 0 Å². The highest BCUT2D eigenvalue weighted by atomic mass is 16.1. The maximum Gasteiger partial charge on any atom is 0.228 e. The molecule has 1 atom stereocenters. The predicted octanol–water partition coefficient (Wildman–Crippen LogP) is 4.03. The first kappa shape index (κ1) is 16.9. The molecule has 0 radical (unpaired) electrons. The molecule has 0 aliphatic rings. The molecular weight excluding hydrogens is 308 g/mol. The molecule has 1 aromatic heterocycles. The highest BCUT2D eigenvalue weighted by molar-refractivity contribution is 5.84. The van der Waals surface area contributed by atoms with Crippen molar-refractivity contribution in [2.45, 2.75) is 25.8 Å². The molecule has 0 bridgehead atoms. The number of nitrogens with one attached hydrogen (secondary N) is 1. The highest BCUT2D eigenvalue weighted by Gasteiger charge is 2.20. The lowest BCUT2D eigenvalue weighted by Crippen LogP contribution is -2.30. The van der Waals surface area contributed by atoms with Crippen molar-refractivity contribution in [2.24, 2.45) is 0 Å². The molecule has 126 valence electrons. The van der Waals surface area contributed by atoms with Crippen molar-refractivity contribution in [2.75, 3.05) is 0 Å². The lowest BCUT2D eigenvalue weighted by Gasteiger charge is -2.17. The Morgan fingerprint density at radius 1 is 0.960 bits per heavy atom. The largest absolute Gasteiger partial charge is 0.351 e. The number of nitrogens with zero attached hydrogens (tertiary/aromatic N) is 1. The van der Waals surface area contributed by atoms with Crippen LogP contribution in [-0.2, 0) is 17.8 Å². The van der Waals surface area contributed by atoms with Gasteiger partial charge in [-0.1, -0.05) is 60.2 Å². The van der Waals surface area contributed by atoms with E-state index >= 15 is 0 Å². The van der Waals surface area contributed by atoms with E-state index in [0.717, 1.165) is 16.7 Å². The Kier molecular flexibility index (Phi) is 5.57. The van der Waals surface area contributed by atoms with Crippen molar-refractivity contribution in [3.63, 3.8) is 0 Å². The summed E-state index contributed by atoms with van der Waals surface area (Å²) in [5, 5.41) is 3.09. The zero-order valence-electron chi connectivity index (χ0n) is 14.4. The van der Waals surface area contributed by atoms with Gasteiger partial charge in [-0.3, -0.25) is 9.78 Å². The molecule has 1 N–H and O–H groups in total. The fourth-order valence-corrected chi connectivity index (χ4v) is 2.94. The van der Waals surface area contributed by atoms with E-state index in [1.54, 1.807) is 12.4 Å². The Bertz CT molecular complexity index is 816. The van der Waals surface area contributed by atoms with Gasteiger partial charge in [0.25, 0.3) is 0 Å². The fraction of sp³-hybridized carbons (Fsp3) is 0.182. The predicted molar refractivity (Wildman–Crippen MR) is 100 cm³/mol. The Morgan fingerprint density at radius 2 is 1.72 bits per heavy atom. The molecule has 1 heterocycles. The maximum absolute atomic E-state index is 12.9. The summed E-state index contributed by atoms with van der Waals surface area (Å²) in [6, 6.07) is 22.1. The Hall–Kier alpha value is -2.94. The van der Waals surface area contributed by atoms with E-state index in [1.165, 1.54) is 5.56 Å². The van der Waals surface area contributed by atoms with Gasteiger partial charge in [-0.15, -0.1) is 0 Å². The monoisotopic (exact) mass is 330 g/mol. The lowest BCUT2D eigenvalue weighted by molar-refractivity contribution is -0.122. The van der Waals surface area contributed by atoms with Crippen molar-refractivity contribution in [3.05, 3.63) is 101 Å². The Balaban J connectivity index is 1.75. The zero-order valence-corrected chi connectivity index (χ0v) is 14.4. The lowest BCUT2D eigenvalue weighted by atomic mass is 9.91. The molecule has 3 rings (SSSR count). The summed E-state index contributed by atoms with van der Waals surface area (Å²) in [7, 11) is 0. The third-order valence-electron chi connectivity index (χ3n) is 4.26. The summed E-state index contributed by atoms with van der Waals surface area (Å²) < 4.78 is 0. The van der Waals surface area contributed by atoms with Crippen LogP contribution in [0, 0.1) is 6.92 Å². The summed E-state index contributed by atoms with van der Waals surface area (Å²) in [6.07, 6.45) is 4.19. The molecule has 0 aliphatic heterocycles. The smallest absolute Gasteiger partial charge is 0.228 e. The number of aryl methyl sites for hydroxylation is 1. The Morgan fingerprint density at radius 3 is 2.44 bits per heavy atom. The van der Waals surface area contributed by atoms with Gasteiger partial charge in [0.2, 0.25) is 5.91 Å². The summed E-state index contributed by atoms with van der Waals surface area (Å²) in [5.74, 6) is -0.169. The van der Waals surface area contributed by atoms with E-state index in [9.17, 15) is 4.79 Å². The number of hydrogen-bond acceptors (Lipinski definition) is 2. The molecule has 0 fully saturated rings. The fourth-order valence-electron chi connectivity index (χ4n) is 2.94. The first-order valence-corrected chi connectivity index (χ1v) is 8.49. The van der Waals surface area contributed by atoms with Gasteiger partial charge in [0.05, 0.1) is 5.92 Å². The van der Waals surface area contributed by atoms with Gasteiger partial charge in [-0.25, -0.2) is 0 Å². The van der Waals surface area contributed by atoms with Crippen LogP contribution in [0.25, 0.3) is 0 Å². The number of amides is 1. The van der Waals surface area contributed by atoms with Crippen molar-refractivity contribution in [3.8, 4) is 0 Å². The standard InChI is InChI=1S/C22H22N2O/c1-17-6-5-7-19(14-17)16-24-22(25)21(20-8-3-2-4-9-20)15-18-10-12-23-13-11-18/h2-14,21H,15-16H2,1H3,(H,24,25). The SMILES string of the molecule is Cc1cccc(CNC(=O)C(Cc2ccncc2)c2ccccc2)c1. The van der Waals surface area contributed by atoms with Crippen molar-refractivity contribution in [1.82, 2.24) is 10.3 Å². The van der Waals surface area contributed by atoms with Crippen LogP contribution < -0.4 is 5.32 Å². The number of benzene rings is 2. The molecule has 1 unspecified atom stereocenters. The van der Waals surface area contributed by atoms with Crippen molar-refractivity contribution in [1.29, 1.82) is 0 Å². The topological polar surface area (TPSA) is 42.0 Å². The molecule has 0 saturated carbocycles. The van der Waals surface area contributed by atoms with E-state index in [0.29, 0.717) is 13.0 Å². The van der Waals surface area contributed by atoms with Gasteiger partial charge in [-0.05, 0) is 42.2 Å². The Labute approximate surface area is 148 Å². The number of carbonyl (C=O) groups is 1. The summed E-state index contributed by atoms with van der Waals surface area (Å²) >= 11 is 0. The number of pyridine rings is 1. The van der Waals surface area contributed by atoms with Crippen LogP contribution in [0.5, 0.6) is 0 Å². The van der Waals surface area contributed by atoms with Gasteiger partial charge in [0.1, 0.15) is 0 Å². The van der Waals surface area contributed by atoms with Crippen molar-refractivity contribution >= 4 is 5.91 Å². The molecule has 3 nitrogen and oxygen atoms in total.